The lowest BCUT2D eigenvalue weighted by atomic mass is 10.1. The summed E-state index contributed by atoms with van der Waals surface area (Å²) in [6, 6.07) is 0. The molecule has 0 fully saturated rings. The van der Waals surface area contributed by atoms with Gasteiger partial charge in [-0.05, 0) is 12.3 Å². The Kier molecular flexibility index (Phi) is 15.6. The zero-order valence-electron chi connectivity index (χ0n) is 14.9. The summed E-state index contributed by atoms with van der Waals surface area (Å²) >= 11 is 0. The zero-order chi connectivity index (χ0) is 18.2. The molecule has 0 spiro atoms. The number of aliphatic hydroxyl groups is 3. The lowest BCUT2D eigenvalue weighted by molar-refractivity contribution is -0.113. The predicted molar refractivity (Wildman–Crippen MR) is 90.9 cm³/mol. The van der Waals surface area contributed by atoms with Gasteiger partial charge in [-0.15, -0.1) is 6.58 Å². The normalized spacial score (nSPS) is 15.4. The van der Waals surface area contributed by atoms with Gasteiger partial charge < -0.3 is 34.3 Å². The van der Waals surface area contributed by atoms with Crippen molar-refractivity contribution in [3.05, 3.63) is 12.7 Å². The van der Waals surface area contributed by atoms with E-state index in [0.29, 0.717) is 32.3 Å². The molecule has 0 aliphatic heterocycles. The van der Waals surface area contributed by atoms with E-state index in [4.69, 9.17) is 24.1 Å². The molecule has 0 aromatic heterocycles. The van der Waals surface area contributed by atoms with Gasteiger partial charge in [0, 0.05) is 6.61 Å². The molecule has 0 aliphatic rings. The second kappa shape index (κ2) is 16.0. The van der Waals surface area contributed by atoms with Gasteiger partial charge in [0.2, 0.25) is 0 Å². The molecule has 0 rings (SSSR count). The summed E-state index contributed by atoms with van der Waals surface area (Å²) in [6.07, 6.45) is 0.806. The van der Waals surface area contributed by atoms with Crippen LogP contribution in [0.4, 0.5) is 0 Å². The van der Waals surface area contributed by atoms with Gasteiger partial charge in [0.1, 0.15) is 18.3 Å². The van der Waals surface area contributed by atoms with Crippen LogP contribution in [-0.4, -0.2) is 86.5 Å². The highest BCUT2D eigenvalue weighted by Crippen LogP contribution is 2.04. The first-order chi connectivity index (χ1) is 11.5. The average molecular weight is 350 g/mol. The van der Waals surface area contributed by atoms with E-state index in [2.05, 4.69) is 20.4 Å². The van der Waals surface area contributed by atoms with E-state index in [0.717, 1.165) is 6.42 Å². The number of ether oxygens (including phenoxy) is 4. The molecular weight excluding hydrogens is 316 g/mol. The van der Waals surface area contributed by atoms with Gasteiger partial charge in [-0.2, -0.15) is 0 Å². The third kappa shape index (κ3) is 13.9. The standard InChI is InChI=1S/C17H34O7/c1-4-6-21-11-17(12-22-7-5-14(2)3)24-13-16(9-19)23-10-15(20)8-18/h4,14-20H,1,5-13H2,2-3H3. The second-order valence-corrected chi connectivity index (χ2v) is 6.01. The van der Waals surface area contributed by atoms with Crippen LogP contribution in [0.25, 0.3) is 0 Å². The van der Waals surface area contributed by atoms with Crippen molar-refractivity contribution in [2.75, 3.05) is 52.9 Å². The van der Waals surface area contributed by atoms with Crippen LogP contribution < -0.4 is 0 Å². The van der Waals surface area contributed by atoms with Crippen molar-refractivity contribution >= 4 is 0 Å². The first-order valence-corrected chi connectivity index (χ1v) is 8.42. The molecule has 3 unspecified atom stereocenters. The summed E-state index contributed by atoms with van der Waals surface area (Å²) < 4.78 is 22.0. The van der Waals surface area contributed by atoms with Crippen LogP contribution in [-0.2, 0) is 18.9 Å². The van der Waals surface area contributed by atoms with Crippen molar-refractivity contribution in [2.45, 2.75) is 38.6 Å². The maximum atomic E-state index is 9.29. The van der Waals surface area contributed by atoms with Crippen LogP contribution in [0.5, 0.6) is 0 Å². The molecule has 7 heteroatoms. The number of aliphatic hydroxyl groups excluding tert-OH is 3. The highest BCUT2D eigenvalue weighted by Gasteiger charge is 2.16. The smallest absolute Gasteiger partial charge is 0.104 e. The van der Waals surface area contributed by atoms with Crippen LogP contribution in [0.15, 0.2) is 12.7 Å². The number of hydrogen-bond donors (Lipinski definition) is 3. The fourth-order valence-corrected chi connectivity index (χ4v) is 1.66. The molecule has 7 nitrogen and oxygen atoms in total. The van der Waals surface area contributed by atoms with Crippen LogP contribution >= 0.6 is 0 Å². The Balaban J connectivity index is 4.16. The molecule has 0 heterocycles. The maximum absolute atomic E-state index is 9.29. The molecule has 0 bridgehead atoms. The van der Waals surface area contributed by atoms with E-state index in [1.807, 2.05) is 0 Å². The van der Waals surface area contributed by atoms with E-state index in [-0.39, 0.29) is 32.5 Å². The van der Waals surface area contributed by atoms with E-state index < -0.39 is 12.2 Å². The lowest BCUT2D eigenvalue weighted by Gasteiger charge is -2.22. The summed E-state index contributed by atoms with van der Waals surface area (Å²) in [5, 5.41) is 27.3. The monoisotopic (exact) mass is 350 g/mol. The van der Waals surface area contributed by atoms with Crippen LogP contribution in [0, 0.1) is 5.92 Å². The van der Waals surface area contributed by atoms with Crippen LogP contribution in [0.3, 0.4) is 0 Å². The Morgan fingerprint density at radius 2 is 1.58 bits per heavy atom. The van der Waals surface area contributed by atoms with Gasteiger partial charge in [-0.1, -0.05) is 19.9 Å². The highest BCUT2D eigenvalue weighted by atomic mass is 16.6. The minimum atomic E-state index is -0.967. The molecule has 0 saturated heterocycles. The van der Waals surface area contributed by atoms with Crippen LogP contribution in [0.1, 0.15) is 20.3 Å². The lowest BCUT2D eigenvalue weighted by Crippen LogP contribution is -2.34. The summed E-state index contributed by atoms with van der Waals surface area (Å²) in [4.78, 5) is 0. The number of rotatable bonds is 17. The fraction of sp³-hybridized carbons (Fsp3) is 0.882. The highest BCUT2D eigenvalue weighted by molar-refractivity contribution is 4.66. The van der Waals surface area contributed by atoms with E-state index in [9.17, 15) is 10.2 Å². The van der Waals surface area contributed by atoms with Gasteiger partial charge in [-0.25, -0.2) is 0 Å². The van der Waals surface area contributed by atoms with Crippen molar-refractivity contribution in [1.82, 2.24) is 0 Å². The topological polar surface area (TPSA) is 97.6 Å². The van der Waals surface area contributed by atoms with Crippen molar-refractivity contribution in [1.29, 1.82) is 0 Å². The van der Waals surface area contributed by atoms with E-state index in [1.54, 1.807) is 6.08 Å². The molecule has 0 amide bonds. The quantitative estimate of drug-likeness (QED) is 0.257. The SMILES string of the molecule is C=CCOCC(COCCC(C)C)OCC(CO)OCC(O)CO. The Morgan fingerprint density at radius 1 is 0.917 bits per heavy atom. The minimum Gasteiger partial charge on any atom is -0.394 e. The maximum Gasteiger partial charge on any atom is 0.104 e. The minimum absolute atomic E-state index is 0.0619. The molecule has 0 radical (unpaired) electrons. The van der Waals surface area contributed by atoms with Gasteiger partial charge in [0.25, 0.3) is 0 Å². The Hall–Kier alpha value is -0.540. The summed E-state index contributed by atoms with van der Waals surface area (Å²) in [7, 11) is 0. The molecule has 3 N–H and O–H groups in total. The molecule has 3 atom stereocenters. The predicted octanol–water partition coefficient (Wildman–Crippen LogP) is 0.368. The zero-order valence-corrected chi connectivity index (χ0v) is 14.9. The molecule has 144 valence electrons. The first kappa shape index (κ1) is 23.5. The van der Waals surface area contributed by atoms with Gasteiger partial charge in [0.05, 0.1) is 46.2 Å². The largest absolute Gasteiger partial charge is 0.394 e. The van der Waals surface area contributed by atoms with Crippen molar-refractivity contribution in [2.24, 2.45) is 5.92 Å². The third-order valence-corrected chi connectivity index (χ3v) is 3.14. The van der Waals surface area contributed by atoms with Crippen molar-refractivity contribution in [3.8, 4) is 0 Å². The van der Waals surface area contributed by atoms with E-state index >= 15 is 0 Å². The van der Waals surface area contributed by atoms with Crippen molar-refractivity contribution in [3.63, 3.8) is 0 Å². The molecule has 0 saturated carbocycles. The van der Waals surface area contributed by atoms with E-state index in [1.165, 1.54) is 0 Å². The van der Waals surface area contributed by atoms with Gasteiger partial charge in [0.15, 0.2) is 0 Å². The molecular formula is C17H34O7. The average Bonchev–Trinajstić information content (AvgIpc) is 2.57. The summed E-state index contributed by atoms with van der Waals surface area (Å²) in [5.74, 6) is 0.575. The summed E-state index contributed by atoms with van der Waals surface area (Å²) in [6.45, 7) is 9.13. The molecule has 0 aromatic carbocycles. The Morgan fingerprint density at radius 3 is 2.17 bits per heavy atom. The molecule has 0 aliphatic carbocycles. The molecule has 24 heavy (non-hydrogen) atoms. The number of hydrogen-bond acceptors (Lipinski definition) is 7. The van der Waals surface area contributed by atoms with Crippen LogP contribution in [0.2, 0.25) is 0 Å². The van der Waals surface area contributed by atoms with Gasteiger partial charge in [-0.3, -0.25) is 0 Å². The molecule has 0 aromatic rings. The van der Waals surface area contributed by atoms with Gasteiger partial charge >= 0.3 is 0 Å². The Labute approximate surface area is 145 Å². The summed E-state index contributed by atoms with van der Waals surface area (Å²) in [5.41, 5.74) is 0. The Bertz CT molecular complexity index is 286. The third-order valence-electron chi connectivity index (χ3n) is 3.14. The fourth-order valence-electron chi connectivity index (χ4n) is 1.66. The van der Waals surface area contributed by atoms with Crippen molar-refractivity contribution < 1.29 is 34.3 Å². The second-order valence-electron chi connectivity index (χ2n) is 6.01. The first-order valence-electron chi connectivity index (χ1n) is 8.42.